The largest absolute Gasteiger partial charge is 0.387 e. The summed E-state index contributed by atoms with van der Waals surface area (Å²) in [5.74, 6) is 0.121. The van der Waals surface area contributed by atoms with Crippen molar-refractivity contribution in [1.82, 2.24) is 4.90 Å². The van der Waals surface area contributed by atoms with Crippen molar-refractivity contribution in [2.75, 3.05) is 25.5 Å². The van der Waals surface area contributed by atoms with Gasteiger partial charge in [0.1, 0.15) is 0 Å². The SMILES string of the molecule is CCCCN(CC)C(=O)c1ccc(C)cc1NC. The summed E-state index contributed by atoms with van der Waals surface area (Å²) in [6.45, 7) is 7.80. The number of aryl methyl sites for hydroxylation is 1. The van der Waals surface area contributed by atoms with Gasteiger partial charge in [-0.2, -0.15) is 0 Å². The van der Waals surface area contributed by atoms with E-state index in [0.717, 1.165) is 42.7 Å². The van der Waals surface area contributed by atoms with Crippen LogP contribution in [-0.4, -0.2) is 30.9 Å². The fraction of sp³-hybridized carbons (Fsp3) is 0.533. The van der Waals surface area contributed by atoms with Crippen molar-refractivity contribution < 1.29 is 4.79 Å². The maximum atomic E-state index is 12.5. The van der Waals surface area contributed by atoms with Crippen LogP contribution in [-0.2, 0) is 0 Å². The third-order valence-corrected chi connectivity index (χ3v) is 3.13. The van der Waals surface area contributed by atoms with E-state index in [1.165, 1.54) is 0 Å². The van der Waals surface area contributed by atoms with Gasteiger partial charge >= 0.3 is 0 Å². The second-order valence-electron chi connectivity index (χ2n) is 4.54. The first-order valence-corrected chi connectivity index (χ1v) is 6.71. The summed E-state index contributed by atoms with van der Waals surface area (Å²) < 4.78 is 0. The standard InChI is InChI=1S/C15H24N2O/c1-5-7-10-17(6-2)15(18)13-9-8-12(3)11-14(13)16-4/h8-9,11,16H,5-7,10H2,1-4H3. The zero-order chi connectivity index (χ0) is 13.5. The van der Waals surface area contributed by atoms with Crippen molar-refractivity contribution in [3.63, 3.8) is 0 Å². The Hall–Kier alpha value is -1.51. The van der Waals surface area contributed by atoms with E-state index in [0.29, 0.717) is 0 Å². The molecule has 0 unspecified atom stereocenters. The Kier molecular flexibility index (Phi) is 5.69. The number of amides is 1. The van der Waals surface area contributed by atoms with Gasteiger partial charge in [-0.15, -0.1) is 0 Å². The fourth-order valence-electron chi connectivity index (χ4n) is 1.97. The van der Waals surface area contributed by atoms with Crippen LogP contribution >= 0.6 is 0 Å². The number of unbranched alkanes of at least 4 members (excludes halogenated alkanes) is 1. The zero-order valence-electron chi connectivity index (χ0n) is 11.9. The van der Waals surface area contributed by atoms with E-state index < -0.39 is 0 Å². The van der Waals surface area contributed by atoms with E-state index in [9.17, 15) is 4.79 Å². The lowest BCUT2D eigenvalue weighted by atomic mass is 10.1. The minimum absolute atomic E-state index is 0.121. The Morgan fingerprint density at radius 3 is 2.61 bits per heavy atom. The highest BCUT2D eigenvalue weighted by molar-refractivity contribution is 5.99. The van der Waals surface area contributed by atoms with Crippen LogP contribution in [0.5, 0.6) is 0 Å². The van der Waals surface area contributed by atoms with Gasteiger partial charge in [0.2, 0.25) is 0 Å². The minimum atomic E-state index is 0.121. The van der Waals surface area contributed by atoms with Gasteiger partial charge in [0.15, 0.2) is 0 Å². The number of anilines is 1. The Balaban J connectivity index is 2.93. The molecule has 0 aliphatic heterocycles. The molecule has 1 rings (SSSR count). The van der Waals surface area contributed by atoms with Gasteiger partial charge < -0.3 is 10.2 Å². The van der Waals surface area contributed by atoms with Gasteiger partial charge in [-0.1, -0.05) is 19.4 Å². The second kappa shape index (κ2) is 7.04. The van der Waals surface area contributed by atoms with Gasteiger partial charge in [-0.05, 0) is 38.0 Å². The monoisotopic (exact) mass is 248 g/mol. The van der Waals surface area contributed by atoms with Crippen molar-refractivity contribution in [2.24, 2.45) is 0 Å². The molecule has 3 nitrogen and oxygen atoms in total. The predicted molar refractivity (Wildman–Crippen MR) is 77.2 cm³/mol. The summed E-state index contributed by atoms with van der Waals surface area (Å²) in [6, 6.07) is 5.92. The normalized spacial score (nSPS) is 10.2. The van der Waals surface area contributed by atoms with Gasteiger partial charge in [0.05, 0.1) is 5.56 Å². The van der Waals surface area contributed by atoms with Gasteiger partial charge in [0.25, 0.3) is 5.91 Å². The molecule has 100 valence electrons. The van der Waals surface area contributed by atoms with Crippen molar-refractivity contribution in [2.45, 2.75) is 33.6 Å². The van der Waals surface area contributed by atoms with Crippen LogP contribution in [0.25, 0.3) is 0 Å². The molecule has 0 heterocycles. The molecule has 1 aromatic rings. The molecular weight excluding hydrogens is 224 g/mol. The summed E-state index contributed by atoms with van der Waals surface area (Å²) in [4.78, 5) is 14.4. The first kappa shape index (κ1) is 14.6. The summed E-state index contributed by atoms with van der Waals surface area (Å²) in [5.41, 5.74) is 2.84. The molecule has 0 spiro atoms. The van der Waals surface area contributed by atoms with Crippen LogP contribution < -0.4 is 5.32 Å². The average molecular weight is 248 g/mol. The molecule has 1 aromatic carbocycles. The molecule has 1 N–H and O–H groups in total. The third kappa shape index (κ3) is 3.49. The Labute approximate surface area is 110 Å². The van der Waals surface area contributed by atoms with Crippen molar-refractivity contribution in [3.05, 3.63) is 29.3 Å². The van der Waals surface area contributed by atoms with Crippen LogP contribution in [0.3, 0.4) is 0 Å². The van der Waals surface area contributed by atoms with E-state index in [4.69, 9.17) is 0 Å². The summed E-state index contributed by atoms with van der Waals surface area (Å²) >= 11 is 0. The molecule has 0 saturated heterocycles. The molecule has 0 atom stereocenters. The lowest BCUT2D eigenvalue weighted by molar-refractivity contribution is 0.0763. The molecule has 18 heavy (non-hydrogen) atoms. The van der Waals surface area contributed by atoms with Crippen molar-refractivity contribution in [3.8, 4) is 0 Å². The lowest BCUT2D eigenvalue weighted by Gasteiger charge is -2.22. The Morgan fingerprint density at radius 2 is 2.06 bits per heavy atom. The zero-order valence-corrected chi connectivity index (χ0v) is 11.9. The van der Waals surface area contributed by atoms with E-state index in [2.05, 4.69) is 12.2 Å². The number of nitrogens with one attached hydrogen (secondary N) is 1. The van der Waals surface area contributed by atoms with E-state index in [1.807, 2.05) is 44.0 Å². The van der Waals surface area contributed by atoms with Crippen LogP contribution in [0, 0.1) is 6.92 Å². The molecular formula is C15H24N2O. The number of hydrogen-bond acceptors (Lipinski definition) is 2. The van der Waals surface area contributed by atoms with E-state index in [-0.39, 0.29) is 5.91 Å². The molecule has 1 amide bonds. The number of benzene rings is 1. The number of carbonyl (C=O) groups excluding carboxylic acids is 1. The van der Waals surface area contributed by atoms with Gasteiger partial charge in [0, 0.05) is 25.8 Å². The maximum Gasteiger partial charge on any atom is 0.255 e. The number of rotatable bonds is 6. The first-order chi connectivity index (χ1) is 8.63. The third-order valence-electron chi connectivity index (χ3n) is 3.13. The average Bonchev–Trinajstić information content (AvgIpc) is 2.39. The molecule has 0 aliphatic carbocycles. The molecule has 0 fully saturated rings. The second-order valence-corrected chi connectivity index (χ2v) is 4.54. The smallest absolute Gasteiger partial charge is 0.255 e. The topological polar surface area (TPSA) is 32.3 Å². The molecule has 3 heteroatoms. The first-order valence-electron chi connectivity index (χ1n) is 6.71. The van der Waals surface area contributed by atoms with Crippen LogP contribution in [0.4, 0.5) is 5.69 Å². The highest BCUT2D eigenvalue weighted by Gasteiger charge is 2.16. The van der Waals surface area contributed by atoms with E-state index in [1.54, 1.807) is 0 Å². The highest BCUT2D eigenvalue weighted by atomic mass is 16.2. The fourth-order valence-corrected chi connectivity index (χ4v) is 1.97. The molecule has 0 saturated carbocycles. The van der Waals surface area contributed by atoms with E-state index >= 15 is 0 Å². The predicted octanol–water partition coefficient (Wildman–Crippen LogP) is 3.30. The van der Waals surface area contributed by atoms with Crippen LogP contribution in [0.1, 0.15) is 42.6 Å². The summed E-state index contributed by atoms with van der Waals surface area (Å²) in [5, 5.41) is 3.10. The van der Waals surface area contributed by atoms with Gasteiger partial charge in [-0.25, -0.2) is 0 Å². The molecule has 0 aliphatic rings. The van der Waals surface area contributed by atoms with Crippen LogP contribution in [0.15, 0.2) is 18.2 Å². The Morgan fingerprint density at radius 1 is 1.33 bits per heavy atom. The number of hydrogen-bond donors (Lipinski definition) is 1. The summed E-state index contributed by atoms with van der Waals surface area (Å²) in [6.07, 6.45) is 2.16. The van der Waals surface area contributed by atoms with Crippen LogP contribution in [0.2, 0.25) is 0 Å². The number of carbonyl (C=O) groups is 1. The lowest BCUT2D eigenvalue weighted by Crippen LogP contribution is -2.32. The minimum Gasteiger partial charge on any atom is -0.387 e. The molecule has 0 aromatic heterocycles. The summed E-state index contributed by atoms with van der Waals surface area (Å²) in [7, 11) is 1.86. The van der Waals surface area contributed by atoms with Gasteiger partial charge in [-0.3, -0.25) is 4.79 Å². The Bertz CT molecular complexity index is 401. The maximum absolute atomic E-state index is 12.5. The molecule has 0 radical (unpaired) electrons. The molecule has 0 bridgehead atoms. The highest BCUT2D eigenvalue weighted by Crippen LogP contribution is 2.19. The van der Waals surface area contributed by atoms with Crippen molar-refractivity contribution >= 4 is 11.6 Å². The van der Waals surface area contributed by atoms with Crippen molar-refractivity contribution in [1.29, 1.82) is 0 Å². The quantitative estimate of drug-likeness (QED) is 0.837. The number of nitrogens with zero attached hydrogens (tertiary/aromatic N) is 1.